The molecule has 0 aliphatic rings. The molecule has 5 N–H and O–H groups in total. The molecule has 0 saturated carbocycles. The molecule has 0 saturated heterocycles. The van der Waals surface area contributed by atoms with Gasteiger partial charge < -0.3 is 26.9 Å². The van der Waals surface area contributed by atoms with Crippen molar-refractivity contribution in [3.8, 4) is 0 Å². The first-order valence-corrected chi connectivity index (χ1v) is 4.95. The summed E-state index contributed by atoms with van der Waals surface area (Å²) in [6.45, 7) is 0.154. The first kappa shape index (κ1) is 19.9. The average molecular weight is 315 g/mol. The van der Waals surface area contributed by atoms with Crippen molar-refractivity contribution >= 4 is 36.7 Å². The zero-order valence-electron chi connectivity index (χ0n) is 9.89. The Morgan fingerprint density at radius 3 is 2.74 bits per heavy atom. The third-order valence-corrected chi connectivity index (χ3v) is 1.99. The molecule has 0 fully saturated rings. The molecule has 1 amide bonds. The normalized spacial score (nSPS) is 10.8. The molecule has 110 valence electrons. The number of carbonyl (C=O) groups excluding carboxylic acids is 1. The van der Waals surface area contributed by atoms with Gasteiger partial charge in [-0.2, -0.15) is 0 Å². The van der Waals surface area contributed by atoms with Crippen LogP contribution in [0, 0.1) is 10.1 Å². The standard InChI is InChI=1S/C8H14N6O3.2ClH/c9-2-1-6(10)12-7(15)5-13-4-3-11-8(13)14(16)17;;/h3-4,6H,1-2,5,9-10H2,(H,12,15);2*1H. The monoisotopic (exact) mass is 314 g/mol. The molecule has 1 rings (SSSR count). The number of carbonyl (C=O) groups is 1. The van der Waals surface area contributed by atoms with Crippen molar-refractivity contribution in [3.05, 3.63) is 22.5 Å². The van der Waals surface area contributed by atoms with Gasteiger partial charge in [-0.15, -0.1) is 24.8 Å². The number of nitrogens with two attached hydrogens (primary N) is 2. The Bertz CT molecular complexity index is 413. The highest BCUT2D eigenvalue weighted by molar-refractivity contribution is 5.85. The number of halogens is 2. The summed E-state index contributed by atoms with van der Waals surface area (Å²) in [7, 11) is 0. The van der Waals surface area contributed by atoms with E-state index in [1.807, 2.05) is 0 Å². The molecule has 9 nitrogen and oxygen atoms in total. The van der Waals surface area contributed by atoms with Crippen LogP contribution in [0.2, 0.25) is 0 Å². The van der Waals surface area contributed by atoms with Crippen LogP contribution in [0.25, 0.3) is 0 Å². The van der Waals surface area contributed by atoms with Crippen LogP contribution in [-0.2, 0) is 11.3 Å². The lowest BCUT2D eigenvalue weighted by molar-refractivity contribution is -0.396. The SMILES string of the molecule is Cl.Cl.NCCC(N)NC(=O)Cn1ccnc1[N+](=O)[O-]. The second-order valence-electron chi connectivity index (χ2n) is 3.36. The number of hydrogen-bond acceptors (Lipinski definition) is 6. The van der Waals surface area contributed by atoms with E-state index in [0.29, 0.717) is 13.0 Å². The molecule has 0 aromatic carbocycles. The van der Waals surface area contributed by atoms with E-state index in [1.54, 1.807) is 0 Å². The van der Waals surface area contributed by atoms with Crippen LogP contribution in [0.4, 0.5) is 5.95 Å². The lowest BCUT2D eigenvalue weighted by Gasteiger charge is -2.11. The molecule has 11 heteroatoms. The van der Waals surface area contributed by atoms with Gasteiger partial charge >= 0.3 is 5.95 Å². The maximum Gasteiger partial charge on any atom is 0.435 e. The van der Waals surface area contributed by atoms with Gasteiger partial charge in [0.15, 0.2) is 6.54 Å². The van der Waals surface area contributed by atoms with Gasteiger partial charge in [-0.25, -0.2) is 4.57 Å². The summed E-state index contributed by atoms with van der Waals surface area (Å²) in [4.78, 5) is 24.9. The van der Waals surface area contributed by atoms with Gasteiger partial charge in [0.2, 0.25) is 0 Å². The van der Waals surface area contributed by atoms with Gasteiger partial charge in [-0.05, 0) is 17.9 Å². The molecule has 1 aromatic rings. The summed E-state index contributed by atoms with van der Waals surface area (Å²) in [5, 5.41) is 13.0. The molecule has 0 aliphatic heterocycles. The number of amides is 1. The molecule has 0 radical (unpaired) electrons. The second kappa shape index (κ2) is 9.50. The first-order chi connectivity index (χ1) is 8.04. The Balaban J connectivity index is 0. The topological polar surface area (TPSA) is 142 Å². The van der Waals surface area contributed by atoms with Crippen LogP contribution in [0.5, 0.6) is 0 Å². The predicted octanol–water partition coefficient (Wildman–Crippen LogP) is -0.615. The van der Waals surface area contributed by atoms with Crippen molar-refractivity contribution in [1.29, 1.82) is 0 Å². The Labute approximate surface area is 121 Å². The van der Waals surface area contributed by atoms with Crippen LogP contribution in [0.15, 0.2) is 12.4 Å². The van der Waals surface area contributed by atoms with Crippen LogP contribution in [0.1, 0.15) is 6.42 Å². The zero-order chi connectivity index (χ0) is 12.8. The quantitative estimate of drug-likeness (QED) is 0.363. The summed E-state index contributed by atoms with van der Waals surface area (Å²) < 4.78 is 1.13. The Hall–Kier alpha value is -1.42. The molecule has 1 aromatic heterocycles. The van der Waals surface area contributed by atoms with Crippen molar-refractivity contribution < 1.29 is 9.72 Å². The molecule has 19 heavy (non-hydrogen) atoms. The van der Waals surface area contributed by atoms with Crippen molar-refractivity contribution in [1.82, 2.24) is 14.9 Å². The number of nitro groups is 1. The van der Waals surface area contributed by atoms with Gasteiger partial charge in [-0.1, -0.05) is 4.98 Å². The van der Waals surface area contributed by atoms with Crippen molar-refractivity contribution in [3.63, 3.8) is 0 Å². The van der Waals surface area contributed by atoms with Crippen molar-refractivity contribution in [2.75, 3.05) is 6.54 Å². The number of aromatic nitrogens is 2. The smallest absolute Gasteiger partial charge is 0.390 e. The van der Waals surface area contributed by atoms with E-state index in [4.69, 9.17) is 11.5 Å². The largest absolute Gasteiger partial charge is 0.435 e. The Kier molecular flexibility index (Phi) is 9.96. The van der Waals surface area contributed by atoms with E-state index in [1.165, 1.54) is 12.4 Å². The highest BCUT2D eigenvalue weighted by Gasteiger charge is 2.17. The highest BCUT2D eigenvalue weighted by Crippen LogP contribution is 2.06. The van der Waals surface area contributed by atoms with Crippen LogP contribution in [0.3, 0.4) is 0 Å². The molecule has 1 unspecified atom stereocenters. The van der Waals surface area contributed by atoms with E-state index in [2.05, 4.69) is 10.3 Å². The minimum atomic E-state index is -0.660. The molecular formula is C8H16Cl2N6O3. The fraction of sp³-hybridized carbons (Fsp3) is 0.500. The lowest BCUT2D eigenvalue weighted by atomic mass is 10.3. The highest BCUT2D eigenvalue weighted by atomic mass is 35.5. The maximum absolute atomic E-state index is 11.5. The zero-order valence-corrected chi connectivity index (χ0v) is 11.5. The van der Waals surface area contributed by atoms with Crippen LogP contribution < -0.4 is 16.8 Å². The van der Waals surface area contributed by atoms with Crippen LogP contribution >= 0.6 is 24.8 Å². The van der Waals surface area contributed by atoms with E-state index >= 15 is 0 Å². The molecule has 1 atom stereocenters. The van der Waals surface area contributed by atoms with Gasteiger partial charge in [0.25, 0.3) is 5.91 Å². The first-order valence-electron chi connectivity index (χ1n) is 4.95. The Morgan fingerprint density at radius 1 is 1.58 bits per heavy atom. The van der Waals surface area contributed by atoms with Gasteiger partial charge in [0.1, 0.15) is 12.4 Å². The number of hydrogen-bond donors (Lipinski definition) is 3. The molecular weight excluding hydrogens is 299 g/mol. The molecule has 0 spiro atoms. The predicted molar refractivity (Wildman–Crippen MR) is 73.2 cm³/mol. The van der Waals surface area contributed by atoms with Gasteiger partial charge in [0, 0.05) is 0 Å². The van der Waals surface area contributed by atoms with E-state index in [-0.39, 0.29) is 37.3 Å². The van der Waals surface area contributed by atoms with Gasteiger partial charge in [-0.3, -0.25) is 4.79 Å². The minimum Gasteiger partial charge on any atom is -0.390 e. The minimum absolute atomic E-state index is 0. The molecule has 0 aliphatic carbocycles. The summed E-state index contributed by atoms with van der Waals surface area (Å²) >= 11 is 0. The fourth-order valence-corrected chi connectivity index (χ4v) is 1.26. The molecule has 0 bridgehead atoms. The summed E-state index contributed by atoms with van der Waals surface area (Å²) in [5.74, 6) is -0.806. The lowest BCUT2D eigenvalue weighted by Crippen LogP contribution is -2.44. The van der Waals surface area contributed by atoms with Crippen LogP contribution in [-0.4, -0.2) is 33.1 Å². The molecule has 1 heterocycles. The van der Waals surface area contributed by atoms with E-state index < -0.39 is 17.0 Å². The van der Waals surface area contributed by atoms with E-state index in [0.717, 1.165) is 4.57 Å². The number of nitrogens with one attached hydrogen (secondary N) is 1. The van der Waals surface area contributed by atoms with Crippen molar-refractivity contribution in [2.24, 2.45) is 11.5 Å². The van der Waals surface area contributed by atoms with E-state index in [9.17, 15) is 14.9 Å². The third kappa shape index (κ3) is 6.34. The third-order valence-electron chi connectivity index (χ3n) is 1.99. The average Bonchev–Trinajstić information content (AvgIpc) is 2.65. The number of imidazole rings is 1. The number of nitrogens with zero attached hydrogens (tertiary/aromatic N) is 3. The second-order valence-corrected chi connectivity index (χ2v) is 3.36. The Morgan fingerprint density at radius 2 is 2.21 bits per heavy atom. The summed E-state index contributed by atoms with van der Waals surface area (Å²) in [5.41, 5.74) is 10.8. The van der Waals surface area contributed by atoms with Crippen molar-refractivity contribution in [2.45, 2.75) is 19.1 Å². The maximum atomic E-state index is 11.5. The fourth-order valence-electron chi connectivity index (χ4n) is 1.26. The number of rotatable bonds is 6. The summed E-state index contributed by atoms with van der Waals surface area (Å²) in [6, 6.07) is 0. The summed E-state index contributed by atoms with van der Waals surface area (Å²) in [6.07, 6.45) is 2.50. The van der Waals surface area contributed by atoms with Gasteiger partial charge in [0.05, 0.1) is 6.17 Å².